The average molecular weight is 319 g/mol. The Labute approximate surface area is 124 Å². The molecule has 2 N–H and O–H groups in total. The lowest BCUT2D eigenvalue weighted by atomic mass is 9.97. The number of hydrogen-bond donors (Lipinski definition) is 2. The van der Waals surface area contributed by atoms with Crippen LogP contribution in [-0.4, -0.2) is 44.9 Å². The number of carbonyl (C=O) groups excluding carboxylic acids is 1. The van der Waals surface area contributed by atoms with Crippen LogP contribution in [0.2, 0.25) is 0 Å². The Morgan fingerprint density at radius 1 is 1.41 bits per heavy atom. The van der Waals surface area contributed by atoms with Crippen molar-refractivity contribution in [1.29, 1.82) is 0 Å². The molecule has 1 aromatic heterocycles. The van der Waals surface area contributed by atoms with E-state index in [2.05, 4.69) is 9.97 Å². The van der Waals surface area contributed by atoms with Gasteiger partial charge in [-0.15, -0.1) is 0 Å². The summed E-state index contributed by atoms with van der Waals surface area (Å²) < 4.78 is 37.7. The van der Waals surface area contributed by atoms with Gasteiger partial charge in [0, 0.05) is 25.4 Å². The number of H-pyrrole nitrogens is 1. The third-order valence-corrected chi connectivity index (χ3v) is 3.61. The van der Waals surface area contributed by atoms with E-state index in [9.17, 15) is 22.8 Å². The van der Waals surface area contributed by atoms with Crippen LogP contribution in [0, 0.1) is 0 Å². The Balaban J connectivity index is 2.00. The van der Waals surface area contributed by atoms with Crippen LogP contribution >= 0.6 is 0 Å². The number of nitrogens with one attached hydrogen (secondary N) is 1. The minimum absolute atomic E-state index is 0.103. The molecular formula is C13H16F3N3O3. The molecule has 2 rings (SSSR count). The number of piperidine rings is 1. The van der Waals surface area contributed by atoms with Gasteiger partial charge in [-0.3, -0.25) is 9.59 Å². The third-order valence-electron chi connectivity index (χ3n) is 3.61. The van der Waals surface area contributed by atoms with Crippen molar-refractivity contribution in [2.45, 2.75) is 37.8 Å². The molecule has 1 aliphatic rings. The molecule has 1 amide bonds. The van der Waals surface area contributed by atoms with Crippen molar-refractivity contribution in [3.8, 4) is 0 Å². The number of nitrogens with zero attached hydrogens (tertiary/aromatic N) is 2. The number of rotatable bonds is 4. The number of imidazole rings is 1. The fourth-order valence-electron chi connectivity index (χ4n) is 2.49. The van der Waals surface area contributed by atoms with Gasteiger partial charge in [-0.2, -0.15) is 13.2 Å². The standard InChI is InChI=1S/C13H16F3N3O3/c14-13(15,16)9-6-17-12(18-9)8-2-1-5-19(7-8)10(20)3-4-11(21)22/h6,8H,1-5,7H2,(H,17,18)(H,21,22). The van der Waals surface area contributed by atoms with Crippen molar-refractivity contribution in [2.75, 3.05) is 13.1 Å². The molecule has 0 bridgehead atoms. The number of carbonyl (C=O) groups is 2. The molecule has 1 aliphatic heterocycles. The number of aromatic nitrogens is 2. The molecule has 0 spiro atoms. The molecular weight excluding hydrogens is 303 g/mol. The topological polar surface area (TPSA) is 86.3 Å². The van der Waals surface area contributed by atoms with Crippen molar-refractivity contribution >= 4 is 11.9 Å². The van der Waals surface area contributed by atoms with Crippen LogP contribution < -0.4 is 0 Å². The number of aliphatic carboxylic acids is 1. The normalized spacial score (nSPS) is 19.2. The predicted octanol–water partition coefficient (Wildman–Crippen LogP) is 2.00. The molecule has 0 saturated carbocycles. The van der Waals surface area contributed by atoms with E-state index in [1.807, 2.05) is 0 Å². The van der Waals surface area contributed by atoms with E-state index < -0.39 is 17.8 Å². The first-order chi connectivity index (χ1) is 10.3. The predicted molar refractivity (Wildman–Crippen MR) is 69.0 cm³/mol. The molecule has 1 unspecified atom stereocenters. The highest BCUT2D eigenvalue weighted by molar-refractivity contribution is 5.80. The highest BCUT2D eigenvalue weighted by Crippen LogP contribution is 2.31. The maximum absolute atomic E-state index is 12.6. The molecule has 1 atom stereocenters. The SMILES string of the molecule is O=C(O)CCC(=O)N1CCCC(c2ncc(C(F)(F)F)[nH]2)C1. The van der Waals surface area contributed by atoms with Gasteiger partial charge in [0.25, 0.3) is 0 Å². The fourth-order valence-corrected chi connectivity index (χ4v) is 2.49. The van der Waals surface area contributed by atoms with Gasteiger partial charge in [0.1, 0.15) is 11.5 Å². The van der Waals surface area contributed by atoms with Crippen molar-refractivity contribution in [2.24, 2.45) is 0 Å². The molecule has 0 aliphatic carbocycles. The molecule has 22 heavy (non-hydrogen) atoms. The summed E-state index contributed by atoms with van der Waals surface area (Å²) in [5, 5.41) is 8.58. The van der Waals surface area contributed by atoms with E-state index in [1.54, 1.807) is 0 Å². The second kappa shape index (κ2) is 6.37. The largest absolute Gasteiger partial charge is 0.481 e. The molecule has 1 saturated heterocycles. The maximum Gasteiger partial charge on any atom is 0.432 e. The summed E-state index contributed by atoms with van der Waals surface area (Å²) in [4.78, 5) is 29.9. The van der Waals surface area contributed by atoms with Gasteiger partial charge in [-0.1, -0.05) is 0 Å². The van der Waals surface area contributed by atoms with Gasteiger partial charge in [-0.05, 0) is 12.8 Å². The van der Waals surface area contributed by atoms with E-state index in [0.29, 0.717) is 19.4 Å². The van der Waals surface area contributed by atoms with E-state index in [1.165, 1.54) is 4.90 Å². The highest BCUT2D eigenvalue weighted by atomic mass is 19.4. The zero-order valence-electron chi connectivity index (χ0n) is 11.7. The molecule has 0 radical (unpaired) electrons. The lowest BCUT2D eigenvalue weighted by Gasteiger charge is -2.31. The number of amides is 1. The molecule has 122 valence electrons. The number of carboxylic acids is 1. The fraction of sp³-hybridized carbons (Fsp3) is 0.615. The first kappa shape index (κ1) is 16.3. The summed E-state index contributed by atoms with van der Waals surface area (Å²) in [5.41, 5.74) is -0.906. The number of halogens is 3. The molecule has 1 aromatic rings. The number of carboxylic acid groups (broad SMARTS) is 1. The Morgan fingerprint density at radius 3 is 2.73 bits per heavy atom. The van der Waals surface area contributed by atoms with Gasteiger partial charge in [-0.25, -0.2) is 4.98 Å². The van der Waals surface area contributed by atoms with Crippen LogP contribution in [0.25, 0.3) is 0 Å². The van der Waals surface area contributed by atoms with Gasteiger partial charge in [0.15, 0.2) is 0 Å². The number of likely N-dealkylation sites (tertiary alicyclic amines) is 1. The minimum atomic E-state index is -4.48. The second-order valence-electron chi connectivity index (χ2n) is 5.25. The first-order valence-electron chi connectivity index (χ1n) is 6.89. The first-order valence-corrected chi connectivity index (χ1v) is 6.89. The monoisotopic (exact) mass is 319 g/mol. The minimum Gasteiger partial charge on any atom is -0.481 e. The summed E-state index contributed by atoms with van der Waals surface area (Å²) >= 11 is 0. The smallest absolute Gasteiger partial charge is 0.432 e. The van der Waals surface area contributed by atoms with Crippen LogP contribution in [0.1, 0.15) is 43.1 Å². The van der Waals surface area contributed by atoms with E-state index >= 15 is 0 Å². The van der Waals surface area contributed by atoms with E-state index in [4.69, 9.17) is 5.11 Å². The average Bonchev–Trinajstić information content (AvgIpc) is 2.94. The Hall–Kier alpha value is -2.06. The van der Waals surface area contributed by atoms with Crippen LogP contribution in [0.3, 0.4) is 0 Å². The van der Waals surface area contributed by atoms with Gasteiger partial charge >= 0.3 is 12.1 Å². The third kappa shape index (κ3) is 3.99. The van der Waals surface area contributed by atoms with Crippen LogP contribution in [0.5, 0.6) is 0 Å². The summed E-state index contributed by atoms with van der Waals surface area (Å²) in [5.74, 6) is -1.43. The molecule has 0 aromatic carbocycles. The summed E-state index contributed by atoms with van der Waals surface area (Å²) in [6, 6.07) is 0. The van der Waals surface area contributed by atoms with E-state index in [0.717, 1.165) is 6.20 Å². The molecule has 9 heteroatoms. The number of alkyl halides is 3. The highest BCUT2D eigenvalue weighted by Gasteiger charge is 2.34. The van der Waals surface area contributed by atoms with Crippen LogP contribution in [0.4, 0.5) is 13.2 Å². The lowest BCUT2D eigenvalue weighted by Crippen LogP contribution is -2.39. The maximum atomic E-state index is 12.6. The van der Waals surface area contributed by atoms with Gasteiger partial charge in [0.2, 0.25) is 5.91 Å². The lowest BCUT2D eigenvalue weighted by molar-refractivity contribution is -0.141. The van der Waals surface area contributed by atoms with Crippen molar-refractivity contribution in [3.05, 3.63) is 17.7 Å². The second-order valence-corrected chi connectivity index (χ2v) is 5.25. The number of aromatic amines is 1. The summed E-state index contributed by atoms with van der Waals surface area (Å²) in [7, 11) is 0. The summed E-state index contributed by atoms with van der Waals surface area (Å²) in [6.45, 7) is 0.741. The summed E-state index contributed by atoms with van der Waals surface area (Å²) in [6.07, 6.45) is -2.80. The van der Waals surface area contributed by atoms with E-state index in [-0.39, 0.29) is 37.0 Å². The zero-order chi connectivity index (χ0) is 16.3. The van der Waals surface area contributed by atoms with Crippen molar-refractivity contribution in [3.63, 3.8) is 0 Å². The number of hydrogen-bond acceptors (Lipinski definition) is 3. The van der Waals surface area contributed by atoms with Crippen LogP contribution in [-0.2, 0) is 15.8 Å². The van der Waals surface area contributed by atoms with Crippen molar-refractivity contribution in [1.82, 2.24) is 14.9 Å². The Morgan fingerprint density at radius 2 is 2.14 bits per heavy atom. The van der Waals surface area contributed by atoms with Gasteiger partial charge in [0.05, 0.1) is 12.6 Å². The quantitative estimate of drug-likeness (QED) is 0.889. The Bertz CT molecular complexity index is 556. The van der Waals surface area contributed by atoms with Crippen molar-refractivity contribution < 1.29 is 27.9 Å². The van der Waals surface area contributed by atoms with Gasteiger partial charge < -0.3 is 15.0 Å². The zero-order valence-corrected chi connectivity index (χ0v) is 11.7. The van der Waals surface area contributed by atoms with Crippen LogP contribution in [0.15, 0.2) is 6.20 Å². The Kier molecular flexibility index (Phi) is 4.72. The molecule has 1 fully saturated rings. The molecule has 6 nitrogen and oxygen atoms in total. The molecule has 2 heterocycles.